The quantitative estimate of drug-likeness (QED) is 0.818. The maximum atomic E-state index is 12.8. The fraction of sp³-hybridized carbons (Fsp3) is 0.533. The highest BCUT2D eigenvalue weighted by Crippen LogP contribution is 2.27. The highest BCUT2D eigenvalue weighted by atomic mass is 35.5. The molecule has 6 nitrogen and oxygen atoms in total. The third-order valence-electron chi connectivity index (χ3n) is 4.13. The Bertz CT molecular complexity index is 626. The van der Waals surface area contributed by atoms with E-state index in [9.17, 15) is 4.79 Å². The van der Waals surface area contributed by atoms with Crippen LogP contribution in [0.3, 0.4) is 0 Å². The first-order chi connectivity index (χ1) is 10.7. The molecule has 0 aromatic carbocycles. The summed E-state index contributed by atoms with van der Waals surface area (Å²) in [4.78, 5) is 17.3. The molecule has 1 aliphatic heterocycles. The molecule has 24 heavy (non-hydrogen) atoms. The normalized spacial score (nSPS) is 15.9. The summed E-state index contributed by atoms with van der Waals surface area (Å²) in [5.41, 5.74) is 0.345. The molecule has 0 bridgehead atoms. The van der Waals surface area contributed by atoms with Gasteiger partial charge in [0.05, 0.1) is 17.2 Å². The van der Waals surface area contributed by atoms with Crippen LogP contribution in [0.15, 0.2) is 23.8 Å². The van der Waals surface area contributed by atoms with Crippen molar-refractivity contribution in [2.24, 2.45) is 0 Å². The SMILES string of the molecule is CCc1nc(CNC(=O)C2(n3cccn3)CCNCC2)cs1.Cl.Cl. The maximum absolute atomic E-state index is 12.8. The molecule has 0 saturated carbocycles. The first-order valence-corrected chi connectivity index (χ1v) is 8.55. The number of thiazole rings is 1. The summed E-state index contributed by atoms with van der Waals surface area (Å²) in [6, 6.07) is 1.87. The van der Waals surface area contributed by atoms with Crippen molar-refractivity contribution >= 4 is 42.1 Å². The van der Waals surface area contributed by atoms with E-state index >= 15 is 0 Å². The van der Waals surface area contributed by atoms with E-state index in [1.807, 2.05) is 22.3 Å². The molecule has 134 valence electrons. The number of aromatic nitrogens is 3. The summed E-state index contributed by atoms with van der Waals surface area (Å²) in [6.07, 6.45) is 6.03. The van der Waals surface area contributed by atoms with Crippen molar-refractivity contribution in [3.63, 3.8) is 0 Å². The Hall–Kier alpha value is -1.15. The Morgan fingerprint density at radius 2 is 2.17 bits per heavy atom. The molecule has 1 saturated heterocycles. The highest BCUT2D eigenvalue weighted by Gasteiger charge is 2.41. The number of aryl methyl sites for hydroxylation is 1. The number of piperidine rings is 1. The lowest BCUT2D eigenvalue weighted by Gasteiger charge is -2.36. The van der Waals surface area contributed by atoms with Gasteiger partial charge < -0.3 is 10.6 Å². The minimum Gasteiger partial charge on any atom is -0.348 e. The second-order valence-corrected chi connectivity index (χ2v) is 6.44. The summed E-state index contributed by atoms with van der Waals surface area (Å²) in [7, 11) is 0. The predicted molar refractivity (Wildman–Crippen MR) is 100 cm³/mol. The van der Waals surface area contributed by atoms with Gasteiger partial charge in [0.2, 0.25) is 5.91 Å². The summed E-state index contributed by atoms with van der Waals surface area (Å²) >= 11 is 1.64. The summed E-state index contributed by atoms with van der Waals surface area (Å²) in [6.45, 7) is 4.21. The van der Waals surface area contributed by atoms with Crippen LogP contribution in [0, 0.1) is 0 Å². The average molecular weight is 392 g/mol. The molecule has 2 N–H and O–H groups in total. The van der Waals surface area contributed by atoms with E-state index in [0.717, 1.165) is 43.1 Å². The van der Waals surface area contributed by atoms with Crippen LogP contribution in [0.25, 0.3) is 0 Å². The van der Waals surface area contributed by atoms with Crippen LogP contribution >= 0.6 is 36.2 Å². The number of nitrogens with one attached hydrogen (secondary N) is 2. The van der Waals surface area contributed by atoms with Gasteiger partial charge in [-0.3, -0.25) is 9.48 Å². The molecule has 1 amide bonds. The van der Waals surface area contributed by atoms with Gasteiger partial charge in [-0.15, -0.1) is 36.2 Å². The topological polar surface area (TPSA) is 71.8 Å². The molecule has 0 atom stereocenters. The van der Waals surface area contributed by atoms with E-state index in [-0.39, 0.29) is 30.7 Å². The molecular weight excluding hydrogens is 369 g/mol. The lowest BCUT2D eigenvalue weighted by atomic mass is 9.87. The number of rotatable bonds is 5. The number of hydrogen-bond donors (Lipinski definition) is 2. The number of carbonyl (C=O) groups is 1. The zero-order valence-corrected chi connectivity index (χ0v) is 16.0. The van der Waals surface area contributed by atoms with E-state index in [4.69, 9.17) is 0 Å². The van der Waals surface area contributed by atoms with Gasteiger partial charge in [-0.05, 0) is 38.4 Å². The third-order valence-corrected chi connectivity index (χ3v) is 5.17. The van der Waals surface area contributed by atoms with Crippen LogP contribution < -0.4 is 10.6 Å². The number of amides is 1. The molecule has 3 rings (SSSR count). The van der Waals surface area contributed by atoms with Crippen molar-refractivity contribution in [1.29, 1.82) is 0 Å². The van der Waals surface area contributed by atoms with Gasteiger partial charge in [-0.1, -0.05) is 6.92 Å². The maximum Gasteiger partial charge on any atom is 0.248 e. The van der Waals surface area contributed by atoms with E-state index in [2.05, 4.69) is 27.6 Å². The molecule has 3 heterocycles. The minimum atomic E-state index is -0.585. The van der Waals surface area contributed by atoms with Crippen LogP contribution in [0.1, 0.15) is 30.5 Å². The zero-order chi connectivity index (χ0) is 15.4. The number of halogens is 2. The molecule has 0 aliphatic carbocycles. The Kier molecular flexibility index (Phi) is 8.15. The Labute approximate surface area is 158 Å². The van der Waals surface area contributed by atoms with Gasteiger partial charge in [-0.25, -0.2) is 4.98 Å². The Morgan fingerprint density at radius 3 is 2.75 bits per heavy atom. The molecule has 1 aliphatic rings. The largest absolute Gasteiger partial charge is 0.348 e. The molecule has 2 aromatic heterocycles. The number of carbonyl (C=O) groups excluding carboxylic acids is 1. The first-order valence-electron chi connectivity index (χ1n) is 7.67. The van der Waals surface area contributed by atoms with Crippen LogP contribution in [0.4, 0.5) is 0 Å². The highest BCUT2D eigenvalue weighted by molar-refractivity contribution is 7.09. The van der Waals surface area contributed by atoms with Crippen molar-refractivity contribution in [1.82, 2.24) is 25.4 Å². The van der Waals surface area contributed by atoms with Crippen LogP contribution in [-0.4, -0.2) is 33.8 Å². The second-order valence-electron chi connectivity index (χ2n) is 5.50. The van der Waals surface area contributed by atoms with Gasteiger partial charge in [0.15, 0.2) is 0 Å². The minimum absolute atomic E-state index is 0. The molecule has 0 spiro atoms. The van der Waals surface area contributed by atoms with Crippen LogP contribution in [0.5, 0.6) is 0 Å². The Morgan fingerprint density at radius 1 is 1.42 bits per heavy atom. The molecule has 0 unspecified atom stereocenters. The predicted octanol–water partition coefficient (Wildman–Crippen LogP) is 2.14. The summed E-state index contributed by atoms with van der Waals surface area (Å²) in [5, 5.41) is 13.8. The van der Waals surface area contributed by atoms with Gasteiger partial charge in [0.1, 0.15) is 5.54 Å². The fourth-order valence-corrected chi connectivity index (χ4v) is 3.60. The van der Waals surface area contributed by atoms with E-state index < -0.39 is 5.54 Å². The van der Waals surface area contributed by atoms with Gasteiger partial charge in [-0.2, -0.15) is 5.10 Å². The van der Waals surface area contributed by atoms with Crippen molar-refractivity contribution < 1.29 is 4.79 Å². The van der Waals surface area contributed by atoms with Crippen molar-refractivity contribution in [3.8, 4) is 0 Å². The van der Waals surface area contributed by atoms with Crippen molar-refractivity contribution in [2.45, 2.75) is 38.3 Å². The number of nitrogens with zero attached hydrogens (tertiary/aromatic N) is 3. The van der Waals surface area contributed by atoms with Crippen molar-refractivity contribution in [2.75, 3.05) is 13.1 Å². The van der Waals surface area contributed by atoms with Gasteiger partial charge >= 0.3 is 0 Å². The van der Waals surface area contributed by atoms with Gasteiger partial charge in [0.25, 0.3) is 0 Å². The Balaban J connectivity index is 0.00000144. The van der Waals surface area contributed by atoms with Crippen LogP contribution in [-0.2, 0) is 23.3 Å². The van der Waals surface area contributed by atoms with Crippen molar-refractivity contribution in [3.05, 3.63) is 34.5 Å². The summed E-state index contributed by atoms with van der Waals surface area (Å²) < 4.78 is 1.81. The fourth-order valence-electron chi connectivity index (χ4n) is 2.85. The molecule has 1 fully saturated rings. The lowest BCUT2D eigenvalue weighted by Crippen LogP contribution is -2.54. The van der Waals surface area contributed by atoms with Crippen LogP contribution in [0.2, 0.25) is 0 Å². The van der Waals surface area contributed by atoms with E-state index in [1.165, 1.54) is 0 Å². The molecular formula is C15H23Cl2N5OS. The monoisotopic (exact) mass is 391 g/mol. The molecule has 2 aromatic rings. The average Bonchev–Trinajstić information content (AvgIpc) is 3.24. The zero-order valence-electron chi connectivity index (χ0n) is 13.5. The van der Waals surface area contributed by atoms with E-state index in [1.54, 1.807) is 17.5 Å². The smallest absolute Gasteiger partial charge is 0.248 e. The molecule has 9 heteroatoms. The standard InChI is InChI=1S/C15H21N5OS.2ClH/c1-2-13-19-12(11-22-13)10-17-14(21)15(4-7-16-8-5-15)20-9-3-6-18-20;;/h3,6,9,11,16H,2,4-5,7-8,10H2,1H3,(H,17,21);2*1H. The first kappa shape index (κ1) is 20.9. The molecule has 0 radical (unpaired) electrons. The second kappa shape index (κ2) is 9.36. The third kappa shape index (κ3) is 4.27. The summed E-state index contributed by atoms with van der Waals surface area (Å²) in [5.74, 6) is 0.0312. The number of hydrogen-bond acceptors (Lipinski definition) is 5. The van der Waals surface area contributed by atoms with E-state index in [0.29, 0.717) is 6.54 Å². The lowest BCUT2D eigenvalue weighted by molar-refractivity contribution is -0.132. The van der Waals surface area contributed by atoms with Gasteiger partial charge in [0, 0.05) is 17.8 Å².